The lowest BCUT2D eigenvalue weighted by Crippen LogP contribution is -2.60. The zero-order valence-electron chi connectivity index (χ0n) is 39.3. The molecule has 10 rings (SSSR count). The van der Waals surface area contributed by atoms with Crippen LogP contribution in [0.5, 0.6) is 11.5 Å². The molecule has 3 saturated carbocycles. The molecule has 16 heteroatoms. The fourth-order valence-corrected chi connectivity index (χ4v) is 12.5. The average molecular weight is 945 g/mol. The van der Waals surface area contributed by atoms with Crippen LogP contribution in [0.25, 0.3) is 11.0 Å². The topological polar surface area (TPSA) is 186 Å². The zero-order valence-corrected chi connectivity index (χ0v) is 40.1. The van der Waals surface area contributed by atoms with Gasteiger partial charge in [0.1, 0.15) is 22.8 Å². The standard InChI is InChI=1S/C52H64N8O7S/c1-34(2)42-6-4-5-7-43(42)47-33-58(37-8-9-37)24-25-59(47)39-29-52(30-39)19-22-57(23-20-52)38-10-12-44(48(27-38)67-40-26-36-16-21-53-49(36)55-32-40)50(61)56-68(65,66)41-11-13-45(46(28-41)60(63)64)54-31-35-14-17-51(3,62)18-15-35/h4-7,10-13,16,21,26-28,32,34-35,37,39,47,54,62H,8-9,14-15,17-20,22-25,29-31,33H2,1-3H3,(H,53,55)(H,56,61)/t35?,47-,51?/m1/s1. The first-order valence-electron chi connectivity index (χ1n) is 24.5. The van der Waals surface area contributed by atoms with Crippen molar-refractivity contribution < 1.29 is 28.0 Å². The zero-order chi connectivity index (χ0) is 47.4. The monoisotopic (exact) mass is 944 g/mol. The number of amides is 1. The van der Waals surface area contributed by atoms with E-state index in [-0.39, 0.29) is 28.3 Å². The molecule has 360 valence electrons. The highest BCUT2D eigenvalue weighted by Crippen LogP contribution is 2.54. The number of hydrogen-bond donors (Lipinski definition) is 4. The van der Waals surface area contributed by atoms with Gasteiger partial charge in [0.25, 0.3) is 21.6 Å². The number of nitro groups is 1. The van der Waals surface area contributed by atoms with Gasteiger partial charge in [-0.2, -0.15) is 0 Å². The van der Waals surface area contributed by atoms with Gasteiger partial charge in [-0.05, 0) is 136 Å². The van der Waals surface area contributed by atoms with Crippen LogP contribution in [0.3, 0.4) is 0 Å². The van der Waals surface area contributed by atoms with E-state index in [0.29, 0.717) is 48.8 Å². The van der Waals surface area contributed by atoms with Crippen LogP contribution in [0.15, 0.2) is 90.1 Å². The van der Waals surface area contributed by atoms with E-state index in [1.807, 2.05) is 19.1 Å². The first-order valence-corrected chi connectivity index (χ1v) is 26.0. The van der Waals surface area contributed by atoms with Gasteiger partial charge in [-0.15, -0.1) is 0 Å². The van der Waals surface area contributed by atoms with Crippen LogP contribution in [0.4, 0.5) is 17.1 Å². The minimum Gasteiger partial charge on any atom is -0.455 e. The Morgan fingerprint density at radius 3 is 2.46 bits per heavy atom. The molecule has 1 spiro atoms. The summed E-state index contributed by atoms with van der Waals surface area (Å²) >= 11 is 0. The van der Waals surface area contributed by atoms with Crippen LogP contribution in [0, 0.1) is 21.4 Å². The number of nitro benzene ring substituents is 1. The number of hydrogen-bond acceptors (Lipinski definition) is 12. The molecule has 2 saturated heterocycles. The van der Waals surface area contributed by atoms with Crippen LogP contribution in [0.2, 0.25) is 0 Å². The van der Waals surface area contributed by atoms with Gasteiger partial charge in [0.05, 0.1) is 27.2 Å². The minimum absolute atomic E-state index is 0.0172. The maximum Gasteiger partial charge on any atom is 0.293 e. The van der Waals surface area contributed by atoms with Crippen molar-refractivity contribution in [3.05, 3.63) is 112 Å². The van der Waals surface area contributed by atoms with Crippen molar-refractivity contribution in [3.63, 3.8) is 0 Å². The molecule has 1 atom stereocenters. The van der Waals surface area contributed by atoms with E-state index in [2.05, 4.69) is 72.8 Å². The van der Waals surface area contributed by atoms with Crippen LogP contribution < -0.4 is 19.7 Å². The summed E-state index contributed by atoms with van der Waals surface area (Å²) in [5.41, 5.74) is 3.80. The number of piperidine rings is 1. The molecule has 0 unspecified atom stereocenters. The second-order valence-electron chi connectivity index (χ2n) is 20.9. The fourth-order valence-electron chi connectivity index (χ4n) is 11.5. The number of carbonyl (C=O) groups excluding carboxylic acids is 1. The highest BCUT2D eigenvalue weighted by atomic mass is 32.2. The lowest BCUT2D eigenvalue weighted by Gasteiger charge is -2.58. The molecule has 2 aliphatic heterocycles. The summed E-state index contributed by atoms with van der Waals surface area (Å²) in [6.07, 6.45) is 13.3. The molecule has 68 heavy (non-hydrogen) atoms. The second-order valence-corrected chi connectivity index (χ2v) is 22.6. The van der Waals surface area contributed by atoms with Gasteiger partial charge in [0.2, 0.25) is 0 Å². The highest BCUT2D eigenvalue weighted by molar-refractivity contribution is 7.90. The summed E-state index contributed by atoms with van der Waals surface area (Å²) in [5, 5.41) is 26.4. The van der Waals surface area contributed by atoms with Gasteiger partial charge in [0.15, 0.2) is 0 Å². The van der Waals surface area contributed by atoms with Crippen molar-refractivity contribution in [2.24, 2.45) is 11.3 Å². The minimum atomic E-state index is -4.57. The number of H-pyrrole nitrogens is 1. The molecule has 2 aromatic heterocycles. The van der Waals surface area contributed by atoms with E-state index in [1.54, 1.807) is 30.6 Å². The third-order valence-electron chi connectivity index (χ3n) is 15.8. The maximum absolute atomic E-state index is 14.0. The Morgan fingerprint density at radius 1 is 0.956 bits per heavy atom. The van der Waals surface area contributed by atoms with Gasteiger partial charge in [-0.25, -0.2) is 18.1 Å². The molecule has 1 amide bonds. The molecule has 5 aromatic rings. The third-order valence-corrected chi connectivity index (χ3v) is 17.1. The average Bonchev–Trinajstić information content (AvgIpc) is 4.07. The predicted octanol–water partition coefficient (Wildman–Crippen LogP) is 9.13. The number of aromatic amines is 1. The summed E-state index contributed by atoms with van der Waals surface area (Å²) in [5.74, 6) is 0.264. The van der Waals surface area contributed by atoms with Crippen molar-refractivity contribution in [3.8, 4) is 11.5 Å². The number of aliphatic hydroxyl groups is 1. The Balaban J connectivity index is 0.836. The maximum atomic E-state index is 14.0. The van der Waals surface area contributed by atoms with Crippen LogP contribution >= 0.6 is 0 Å². The van der Waals surface area contributed by atoms with Crippen LogP contribution in [-0.4, -0.2) is 101 Å². The first-order chi connectivity index (χ1) is 32.6. The van der Waals surface area contributed by atoms with E-state index in [4.69, 9.17) is 4.74 Å². The van der Waals surface area contributed by atoms with E-state index >= 15 is 0 Å². The summed E-state index contributed by atoms with van der Waals surface area (Å²) in [7, 11) is -4.57. The van der Waals surface area contributed by atoms with Gasteiger partial charge in [-0.3, -0.25) is 24.7 Å². The predicted molar refractivity (Wildman–Crippen MR) is 263 cm³/mol. The molecular weight excluding hydrogens is 881 g/mol. The van der Waals surface area contributed by atoms with Gasteiger partial charge in [-0.1, -0.05) is 38.1 Å². The van der Waals surface area contributed by atoms with E-state index in [9.17, 15) is 28.4 Å². The largest absolute Gasteiger partial charge is 0.455 e. The Bertz CT molecular complexity index is 2780. The van der Waals surface area contributed by atoms with Crippen LogP contribution in [0.1, 0.15) is 118 Å². The Hall–Kier alpha value is -5.55. The number of ether oxygens (including phenoxy) is 1. The molecule has 0 bridgehead atoms. The lowest BCUT2D eigenvalue weighted by molar-refractivity contribution is -0.384. The Kier molecular flexibility index (Phi) is 12.5. The molecule has 0 radical (unpaired) electrons. The van der Waals surface area contributed by atoms with E-state index in [0.717, 1.165) is 81.6 Å². The van der Waals surface area contributed by atoms with E-state index in [1.165, 1.54) is 48.9 Å². The van der Waals surface area contributed by atoms with Crippen molar-refractivity contribution in [1.82, 2.24) is 24.5 Å². The number of piperazine rings is 1. The Labute approximate surface area is 398 Å². The summed E-state index contributed by atoms with van der Waals surface area (Å²) in [6, 6.07) is 23.2. The SMILES string of the molecule is CC(C)c1ccccc1[C@H]1CN(C2CC2)CCN1C1CC2(CCN(c3ccc(C(=O)NS(=O)(=O)c4ccc(NCC5CCC(C)(O)CC5)c([N+](=O)[O-])c4)c(Oc4cnc5[nH]ccc5c4)c3)CC2)C1. The second kappa shape index (κ2) is 18.4. The number of fused-ring (bicyclic) bond motifs is 1. The molecule has 4 N–H and O–H groups in total. The van der Waals surface area contributed by atoms with Gasteiger partial charge < -0.3 is 25.0 Å². The van der Waals surface area contributed by atoms with Crippen molar-refractivity contribution in [2.75, 3.05) is 49.5 Å². The molecule has 5 aliphatic rings. The Morgan fingerprint density at radius 2 is 1.72 bits per heavy atom. The van der Waals surface area contributed by atoms with Crippen molar-refractivity contribution >= 4 is 44.0 Å². The number of sulfonamides is 1. The smallest absolute Gasteiger partial charge is 0.293 e. The number of rotatable bonds is 14. The number of aromatic nitrogens is 2. The molecule has 3 aliphatic carbocycles. The number of nitrogens with one attached hydrogen (secondary N) is 3. The molecule has 15 nitrogen and oxygen atoms in total. The lowest BCUT2D eigenvalue weighted by atomic mass is 9.59. The number of nitrogens with zero attached hydrogens (tertiary/aromatic N) is 5. The number of anilines is 2. The highest BCUT2D eigenvalue weighted by Gasteiger charge is 2.51. The van der Waals surface area contributed by atoms with Gasteiger partial charge >= 0.3 is 0 Å². The van der Waals surface area contributed by atoms with Gasteiger partial charge in [0, 0.05) is 86.8 Å². The van der Waals surface area contributed by atoms with Crippen molar-refractivity contribution in [1.29, 1.82) is 0 Å². The molecule has 4 heterocycles. The number of benzene rings is 3. The summed E-state index contributed by atoms with van der Waals surface area (Å²) in [6.45, 7) is 11.9. The van der Waals surface area contributed by atoms with Crippen molar-refractivity contribution in [2.45, 2.75) is 120 Å². The normalized spacial score (nSPS) is 23.7. The quantitative estimate of drug-likeness (QED) is 0.0612. The molecule has 3 aromatic carbocycles. The fraction of sp³-hybridized carbons (Fsp3) is 0.500. The van der Waals surface area contributed by atoms with E-state index < -0.39 is 37.0 Å². The number of pyridine rings is 1. The molecular formula is C52H64N8O7S. The third kappa shape index (κ3) is 9.69. The molecule has 5 fully saturated rings. The van der Waals surface area contributed by atoms with Crippen LogP contribution in [-0.2, 0) is 10.0 Å². The summed E-state index contributed by atoms with van der Waals surface area (Å²) < 4.78 is 36.1. The number of carbonyl (C=O) groups is 1. The summed E-state index contributed by atoms with van der Waals surface area (Å²) in [4.78, 5) is 40.6. The first kappa shape index (κ1) is 46.2.